The number of anilines is 1. The lowest BCUT2D eigenvalue weighted by Gasteiger charge is -2.11. The van der Waals surface area contributed by atoms with Crippen LogP contribution in [0.4, 0.5) is 5.69 Å². The van der Waals surface area contributed by atoms with Gasteiger partial charge in [-0.2, -0.15) is 0 Å². The molecule has 6 nitrogen and oxygen atoms in total. The SMILES string of the molecule is COc1ccc(OC)c(NC(=O)CCc2cnc[nH]2)c1. The molecule has 0 saturated carbocycles. The molecule has 0 aliphatic rings. The lowest BCUT2D eigenvalue weighted by atomic mass is 10.2. The number of benzene rings is 1. The van der Waals surface area contributed by atoms with Crippen LogP contribution in [0.1, 0.15) is 12.1 Å². The standard InChI is InChI=1S/C14H17N3O3/c1-19-11-4-5-13(20-2)12(7-11)17-14(18)6-3-10-8-15-9-16-10/h4-5,7-9H,3,6H2,1-2H3,(H,15,16)(H,17,18). The minimum absolute atomic E-state index is 0.0915. The van der Waals surface area contributed by atoms with Gasteiger partial charge in [-0.05, 0) is 18.6 Å². The van der Waals surface area contributed by atoms with Gasteiger partial charge in [0.25, 0.3) is 0 Å². The molecule has 2 N–H and O–H groups in total. The second-order valence-electron chi connectivity index (χ2n) is 4.19. The van der Waals surface area contributed by atoms with Crippen molar-refractivity contribution in [3.63, 3.8) is 0 Å². The largest absolute Gasteiger partial charge is 0.497 e. The third kappa shape index (κ3) is 3.50. The number of carbonyl (C=O) groups is 1. The average molecular weight is 275 g/mol. The Bertz CT molecular complexity index is 567. The molecular weight excluding hydrogens is 258 g/mol. The molecule has 2 aromatic rings. The first-order chi connectivity index (χ1) is 9.72. The quantitative estimate of drug-likeness (QED) is 0.845. The van der Waals surface area contributed by atoms with Crippen LogP contribution in [-0.2, 0) is 11.2 Å². The van der Waals surface area contributed by atoms with Crippen LogP contribution in [0.25, 0.3) is 0 Å². The Labute approximate surface area is 117 Å². The molecule has 0 radical (unpaired) electrons. The summed E-state index contributed by atoms with van der Waals surface area (Å²) in [5.41, 5.74) is 1.53. The number of amides is 1. The number of nitrogens with one attached hydrogen (secondary N) is 2. The number of hydrogen-bond acceptors (Lipinski definition) is 4. The van der Waals surface area contributed by atoms with Gasteiger partial charge in [0, 0.05) is 24.4 Å². The van der Waals surface area contributed by atoms with Crippen molar-refractivity contribution in [3.8, 4) is 11.5 Å². The second-order valence-corrected chi connectivity index (χ2v) is 4.19. The van der Waals surface area contributed by atoms with E-state index in [1.165, 1.54) is 0 Å². The van der Waals surface area contributed by atoms with Gasteiger partial charge < -0.3 is 19.8 Å². The van der Waals surface area contributed by atoms with E-state index in [9.17, 15) is 4.79 Å². The number of aromatic amines is 1. The third-order valence-corrected chi connectivity index (χ3v) is 2.86. The van der Waals surface area contributed by atoms with Crippen LogP contribution in [0.15, 0.2) is 30.7 Å². The molecule has 0 saturated heterocycles. The normalized spacial score (nSPS) is 10.1. The third-order valence-electron chi connectivity index (χ3n) is 2.86. The number of hydrogen-bond donors (Lipinski definition) is 2. The molecule has 0 aliphatic heterocycles. The van der Waals surface area contributed by atoms with E-state index in [1.807, 2.05) is 0 Å². The summed E-state index contributed by atoms with van der Waals surface area (Å²) in [4.78, 5) is 18.8. The van der Waals surface area contributed by atoms with Gasteiger partial charge >= 0.3 is 0 Å². The van der Waals surface area contributed by atoms with Gasteiger partial charge in [-0.15, -0.1) is 0 Å². The molecule has 6 heteroatoms. The van der Waals surface area contributed by atoms with E-state index in [4.69, 9.17) is 9.47 Å². The number of nitrogens with zero attached hydrogens (tertiary/aromatic N) is 1. The molecule has 0 fully saturated rings. The summed E-state index contributed by atoms with van der Waals surface area (Å²) in [6, 6.07) is 5.26. The Morgan fingerprint density at radius 2 is 2.20 bits per heavy atom. The Balaban J connectivity index is 1.99. The number of methoxy groups -OCH3 is 2. The van der Waals surface area contributed by atoms with E-state index < -0.39 is 0 Å². The predicted molar refractivity (Wildman–Crippen MR) is 75.1 cm³/mol. The van der Waals surface area contributed by atoms with Gasteiger partial charge in [0.2, 0.25) is 5.91 Å². The van der Waals surface area contributed by atoms with E-state index in [2.05, 4.69) is 15.3 Å². The van der Waals surface area contributed by atoms with Gasteiger partial charge in [0.15, 0.2) is 0 Å². The molecule has 0 unspecified atom stereocenters. The lowest BCUT2D eigenvalue weighted by molar-refractivity contribution is -0.116. The highest BCUT2D eigenvalue weighted by Gasteiger charge is 2.09. The van der Waals surface area contributed by atoms with Gasteiger partial charge in [-0.1, -0.05) is 0 Å². The molecule has 0 spiro atoms. The molecule has 1 heterocycles. The number of carbonyl (C=O) groups excluding carboxylic acids is 1. The van der Waals surface area contributed by atoms with Crippen LogP contribution in [0.2, 0.25) is 0 Å². The summed E-state index contributed by atoms with van der Waals surface area (Å²) in [5.74, 6) is 1.17. The van der Waals surface area contributed by atoms with Crippen molar-refractivity contribution in [3.05, 3.63) is 36.4 Å². The van der Waals surface area contributed by atoms with Crippen molar-refractivity contribution >= 4 is 11.6 Å². The number of rotatable bonds is 6. The Morgan fingerprint density at radius 3 is 2.85 bits per heavy atom. The number of aromatic nitrogens is 2. The van der Waals surface area contributed by atoms with Crippen molar-refractivity contribution in [2.24, 2.45) is 0 Å². The van der Waals surface area contributed by atoms with Gasteiger partial charge in [0.1, 0.15) is 11.5 Å². The minimum Gasteiger partial charge on any atom is -0.497 e. The molecule has 20 heavy (non-hydrogen) atoms. The average Bonchev–Trinajstić information content (AvgIpc) is 2.98. The summed E-state index contributed by atoms with van der Waals surface area (Å²) in [6.07, 6.45) is 4.28. The fourth-order valence-corrected chi connectivity index (χ4v) is 1.79. The van der Waals surface area contributed by atoms with Crippen LogP contribution in [-0.4, -0.2) is 30.1 Å². The van der Waals surface area contributed by atoms with Crippen LogP contribution in [0.5, 0.6) is 11.5 Å². The van der Waals surface area contributed by atoms with E-state index in [0.717, 1.165) is 5.69 Å². The lowest BCUT2D eigenvalue weighted by Crippen LogP contribution is -2.13. The number of imidazole rings is 1. The molecule has 2 rings (SSSR count). The van der Waals surface area contributed by atoms with E-state index in [-0.39, 0.29) is 5.91 Å². The van der Waals surface area contributed by atoms with Crippen molar-refractivity contribution in [2.45, 2.75) is 12.8 Å². The van der Waals surface area contributed by atoms with Crippen LogP contribution in [0.3, 0.4) is 0 Å². The number of aryl methyl sites for hydroxylation is 1. The summed E-state index contributed by atoms with van der Waals surface area (Å²) in [5, 5.41) is 2.82. The minimum atomic E-state index is -0.0915. The molecule has 1 aromatic heterocycles. The van der Waals surface area contributed by atoms with Crippen LogP contribution < -0.4 is 14.8 Å². The molecule has 0 atom stereocenters. The second kappa shape index (κ2) is 6.60. The highest BCUT2D eigenvalue weighted by Crippen LogP contribution is 2.28. The first-order valence-electron chi connectivity index (χ1n) is 6.22. The Hall–Kier alpha value is -2.50. The fraction of sp³-hybridized carbons (Fsp3) is 0.286. The summed E-state index contributed by atoms with van der Waals surface area (Å²) >= 11 is 0. The summed E-state index contributed by atoms with van der Waals surface area (Å²) in [6.45, 7) is 0. The zero-order valence-electron chi connectivity index (χ0n) is 11.5. The molecule has 1 amide bonds. The van der Waals surface area contributed by atoms with E-state index in [1.54, 1.807) is 44.9 Å². The zero-order chi connectivity index (χ0) is 14.4. The molecule has 106 valence electrons. The monoisotopic (exact) mass is 275 g/mol. The van der Waals surface area contributed by atoms with Gasteiger partial charge in [0.05, 0.1) is 26.2 Å². The van der Waals surface area contributed by atoms with Crippen molar-refractivity contribution in [2.75, 3.05) is 19.5 Å². The number of ether oxygens (including phenoxy) is 2. The maximum absolute atomic E-state index is 11.9. The maximum Gasteiger partial charge on any atom is 0.224 e. The smallest absolute Gasteiger partial charge is 0.224 e. The Kier molecular flexibility index (Phi) is 4.60. The van der Waals surface area contributed by atoms with Crippen LogP contribution in [0, 0.1) is 0 Å². The van der Waals surface area contributed by atoms with Gasteiger partial charge in [-0.25, -0.2) is 4.98 Å². The highest BCUT2D eigenvalue weighted by molar-refractivity contribution is 5.92. The topological polar surface area (TPSA) is 76.2 Å². The molecule has 0 bridgehead atoms. The van der Waals surface area contributed by atoms with Gasteiger partial charge in [-0.3, -0.25) is 4.79 Å². The fourth-order valence-electron chi connectivity index (χ4n) is 1.79. The van der Waals surface area contributed by atoms with E-state index >= 15 is 0 Å². The Morgan fingerprint density at radius 1 is 1.35 bits per heavy atom. The molecular formula is C14H17N3O3. The first-order valence-corrected chi connectivity index (χ1v) is 6.22. The zero-order valence-corrected chi connectivity index (χ0v) is 11.5. The highest BCUT2D eigenvalue weighted by atomic mass is 16.5. The van der Waals surface area contributed by atoms with E-state index in [0.29, 0.717) is 30.0 Å². The van der Waals surface area contributed by atoms with Crippen molar-refractivity contribution < 1.29 is 14.3 Å². The summed E-state index contributed by atoms with van der Waals surface area (Å²) < 4.78 is 10.3. The molecule has 1 aromatic carbocycles. The van der Waals surface area contributed by atoms with Crippen LogP contribution >= 0.6 is 0 Å². The molecule has 0 aliphatic carbocycles. The predicted octanol–water partition coefficient (Wildman–Crippen LogP) is 2.00. The van der Waals surface area contributed by atoms with Crippen molar-refractivity contribution in [1.82, 2.24) is 9.97 Å². The maximum atomic E-state index is 11.9. The number of H-pyrrole nitrogens is 1. The summed E-state index contributed by atoms with van der Waals surface area (Å²) in [7, 11) is 3.13. The van der Waals surface area contributed by atoms with Crippen molar-refractivity contribution in [1.29, 1.82) is 0 Å². The first kappa shape index (κ1) is 13.9.